The summed E-state index contributed by atoms with van der Waals surface area (Å²) in [5.41, 5.74) is 1.45. The van der Waals surface area contributed by atoms with Gasteiger partial charge in [-0.3, -0.25) is 19.6 Å². The van der Waals surface area contributed by atoms with Crippen LogP contribution in [0.2, 0.25) is 0 Å². The van der Waals surface area contributed by atoms with Crippen molar-refractivity contribution in [1.29, 1.82) is 0 Å². The van der Waals surface area contributed by atoms with Crippen molar-refractivity contribution in [3.05, 3.63) is 17.5 Å². The number of imide groups is 1. The standard InChI is InChI=1S/C15H21N3O2/c1-11-12(9-16-17-11)10-18-13(19)8-15(14(18)20)6-4-2-3-5-7-15/h9H,2-8,10H2,1H3,(H,16,17). The first kappa shape index (κ1) is 13.3. The quantitative estimate of drug-likeness (QED) is 0.842. The van der Waals surface area contributed by atoms with E-state index in [1.54, 1.807) is 6.20 Å². The third-order valence-electron chi connectivity index (χ3n) is 4.81. The molecule has 1 aliphatic carbocycles. The van der Waals surface area contributed by atoms with Crippen LogP contribution < -0.4 is 0 Å². The second kappa shape index (κ2) is 5.04. The Balaban J connectivity index is 1.81. The van der Waals surface area contributed by atoms with Gasteiger partial charge in [-0.25, -0.2) is 0 Å². The largest absolute Gasteiger partial charge is 0.283 e. The van der Waals surface area contributed by atoms with E-state index in [0.29, 0.717) is 13.0 Å². The molecule has 2 amide bonds. The van der Waals surface area contributed by atoms with E-state index in [9.17, 15) is 9.59 Å². The van der Waals surface area contributed by atoms with Gasteiger partial charge in [-0.1, -0.05) is 25.7 Å². The molecular weight excluding hydrogens is 254 g/mol. The number of carbonyl (C=O) groups excluding carboxylic acids is 2. The molecule has 1 aromatic heterocycles. The van der Waals surface area contributed by atoms with E-state index in [1.165, 1.54) is 17.7 Å². The Labute approximate surface area is 118 Å². The van der Waals surface area contributed by atoms with Crippen LogP contribution in [0.4, 0.5) is 0 Å². The molecule has 5 nitrogen and oxygen atoms in total. The molecule has 1 saturated carbocycles. The van der Waals surface area contributed by atoms with Crippen molar-refractivity contribution >= 4 is 11.8 Å². The van der Waals surface area contributed by atoms with Gasteiger partial charge in [0.2, 0.25) is 11.8 Å². The predicted octanol–water partition coefficient (Wildman–Crippen LogP) is 2.32. The number of H-pyrrole nitrogens is 1. The van der Waals surface area contributed by atoms with Crippen LogP contribution in [0.5, 0.6) is 0 Å². The Morgan fingerprint density at radius 2 is 1.95 bits per heavy atom. The van der Waals surface area contributed by atoms with Gasteiger partial charge in [0.25, 0.3) is 0 Å². The summed E-state index contributed by atoms with van der Waals surface area (Å²) in [7, 11) is 0. The van der Waals surface area contributed by atoms with E-state index in [2.05, 4.69) is 10.2 Å². The molecule has 0 unspecified atom stereocenters. The molecule has 0 aromatic carbocycles. The monoisotopic (exact) mass is 275 g/mol. The fourth-order valence-electron chi connectivity index (χ4n) is 3.52. The molecule has 2 aliphatic rings. The Morgan fingerprint density at radius 1 is 1.25 bits per heavy atom. The Bertz CT molecular complexity index is 527. The summed E-state index contributed by atoms with van der Waals surface area (Å²) in [5.74, 6) is 0.0301. The molecule has 1 saturated heterocycles. The van der Waals surface area contributed by atoms with Crippen LogP contribution in [0.15, 0.2) is 6.20 Å². The van der Waals surface area contributed by atoms with Crippen molar-refractivity contribution in [2.45, 2.75) is 58.4 Å². The van der Waals surface area contributed by atoms with E-state index in [4.69, 9.17) is 0 Å². The van der Waals surface area contributed by atoms with E-state index in [1.807, 2.05) is 6.92 Å². The second-order valence-electron chi connectivity index (χ2n) is 6.18. The van der Waals surface area contributed by atoms with Crippen molar-refractivity contribution in [2.24, 2.45) is 5.41 Å². The molecule has 1 aromatic rings. The highest BCUT2D eigenvalue weighted by Gasteiger charge is 2.50. The van der Waals surface area contributed by atoms with Crippen LogP contribution in [0.3, 0.4) is 0 Å². The summed E-state index contributed by atoms with van der Waals surface area (Å²) >= 11 is 0. The maximum atomic E-state index is 12.8. The first-order valence-corrected chi connectivity index (χ1v) is 7.46. The number of hydrogen-bond acceptors (Lipinski definition) is 3. The van der Waals surface area contributed by atoms with Gasteiger partial charge in [0, 0.05) is 17.7 Å². The highest BCUT2D eigenvalue weighted by molar-refractivity contribution is 6.05. The minimum Gasteiger partial charge on any atom is -0.283 e. The van der Waals surface area contributed by atoms with Crippen molar-refractivity contribution in [1.82, 2.24) is 15.1 Å². The molecule has 20 heavy (non-hydrogen) atoms. The Morgan fingerprint density at radius 3 is 2.55 bits per heavy atom. The number of aromatic nitrogens is 2. The van der Waals surface area contributed by atoms with Gasteiger partial charge in [0.1, 0.15) is 0 Å². The van der Waals surface area contributed by atoms with Gasteiger partial charge in [-0.15, -0.1) is 0 Å². The number of aryl methyl sites for hydroxylation is 1. The highest BCUT2D eigenvalue weighted by atomic mass is 16.2. The molecule has 108 valence electrons. The Kier molecular flexibility index (Phi) is 3.36. The van der Waals surface area contributed by atoms with Gasteiger partial charge in [-0.05, 0) is 19.8 Å². The summed E-state index contributed by atoms with van der Waals surface area (Å²) < 4.78 is 0. The van der Waals surface area contributed by atoms with E-state index >= 15 is 0 Å². The second-order valence-corrected chi connectivity index (χ2v) is 6.18. The average molecular weight is 275 g/mol. The number of rotatable bonds is 2. The molecule has 0 radical (unpaired) electrons. The van der Waals surface area contributed by atoms with Crippen LogP contribution in [0.1, 0.15) is 56.2 Å². The third-order valence-corrected chi connectivity index (χ3v) is 4.81. The van der Waals surface area contributed by atoms with Crippen LogP contribution in [0.25, 0.3) is 0 Å². The van der Waals surface area contributed by atoms with Gasteiger partial charge in [-0.2, -0.15) is 5.10 Å². The molecule has 0 bridgehead atoms. The molecule has 0 atom stereocenters. The van der Waals surface area contributed by atoms with Gasteiger partial charge in [0.15, 0.2) is 0 Å². The smallest absolute Gasteiger partial charge is 0.236 e. The molecular formula is C15H21N3O2. The van der Waals surface area contributed by atoms with Crippen LogP contribution in [-0.4, -0.2) is 26.9 Å². The van der Waals surface area contributed by atoms with Crippen molar-refractivity contribution in [2.75, 3.05) is 0 Å². The molecule has 2 heterocycles. The maximum absolute atomic E-state index is 12.8. The summed E-state index contributed by atoms with van der Waals surface area (Å²) in [5, 5.41) is 6.81. The van der Waals surface area contributed by atoms with Crippen molar-refractivity contribution < 1.29 is 9.59 Å². The topological polar surface area (TPSA) is 66.1 Å². The molecule has 2 fully saturated rings. The molecule has 1 aliphatic heterocycles. The van der Waals surface area contributed by atoms with Crippen LogP contribution in [-0.2, 0) is 16.1 Å². The van der Waals surface area contributed by atoms with E-state index < -0.39 is 5.41 Å². The summed E-state index contributed by atoms with van der Waals surface area (Å²) in [6, 6.07) is 0. The minimum atomic E-state index is -0.398. The lowest BCUT2D eigenvalue weighted by Crippen LogP contribution is -2.35. The number of likely N-dealkylation sites (tertiary alicyclic amines) is 1. The van der Waals surface area contributed by atoms with Crippen LogP contribution >= 0.6 is 0 Å². The van der Waals surface area contributed by atoms with Gasteiger partial charge >= 0.3 is 0 Å². The van der Waals surface area contributed by atoms with E-state index in [-0.39, 0.29) is 11.8 Å². The Hall–Kier alpha value is -1.65. The third kappa shape index (κ3) is 2.15. The maximum Gasteiger partial charge on any atom is 0.236 e. The number of nitrogens with zero attached hydrogens (tertiary/aromatic N) is 2. The normalized spacial score (nSPS) is 22.6. The average Bonchev–Trinajstić information content (AvgIpc) is 2.80. The van der Waals surface area contributed by atoms with Gasteiger partial charge in [0.05, 0.1) is 18.2 Å². The molecule has 3 rings (SSSR count). The fourth-order valence-corrected chi connectivity index (χ4v) is 3.52. The summed E-state index contributed by atoms with van der Waals surface area (Å²) in [4.78, 5) is 26.5. The first-order valence-electron chi connectivity index (χ1n) is 7.46. The molecule has 5 heteroatoms. The van der Waals surface area contributed by atoms with Crippen LogP contribution in [0, 0.1) is 12.3 Å². The number of aromatic amines is 1. The number of amides is 2. The zero-order valence-corrected chi connectivity index (χ0v) is 11.9. The predicted molar refractivity (Wildman–Crippen MR) is 73.6 cm³/mol. The van der Waals surface area contributed by atoms with Gasteiger partial charge < -0.3 is 0 Å². The minimum absolute atomic E-state index is 0.0162. The lowest BCUT2D eigenvalue weighted by Gasteiger charge is -2.24. The highest BCUT2D eigenvalue weighted by Crippen LogP contribution is 2.44. The SMILES string of the molecule is Cc1[nH]ncc1CN1C(=O)CC2(CCCCCC2)C1=O. The number of nitrogens with one attached hydrogen (secondary N) is 1. The number of hydrogen-bond donors (Lipinski definition) is 1. The lowest BCUT2D eigenvalue weighted by atomic mass is 9.79. The molecule has 1 N–H and O–H groups in total. The zero-order chi connectivity index (χ0) is 14.2. The molecule has 1 spiro atoms. The van der Waals surface area contributed by atoms with Crippen molar-refractivity contribution in [3.8, 4) is 0 Å². The van der Waals surface area contributed by atoms with Crippen molar-refractivity contribution in [3.63, 3.8) is 0 Å². The number of carbonyl (C=O) groups is 2. The fraction of sp³-hybridized carbons (Fsp3) is 0.667. The first-order chi connectivity index (χ1) is 9.62. The zero-order valence-electron chi connectivity index (χ0n) is 11.9. The summed E-state index contributed by atoms with van der Waals surface area (Å²) in [6.07, 6.45) is 8.36. The van der Waals surface area contributed by atoms with E-state index in [0.717, 1.165) is 36.9 Å². The summed E-state index contributed by atoms with van der Waals surface area (Å²) in [6.45, 7) is 2.27. The lowest BCUT2D eigenvalue weighted by molar-refractivity contribution is -0.142.